The molecule has 0 bridgehead atoms. The standard InChI is InChI=1S/C14H15Cl2NS/c1-14(2,9-6-4-3-5-7-9)12(17)10-8-11(15)18-13(10)16/h3-8,12H,17H2,1-2H3. The molecule has 0 aliphatic heterocycles. The average molecular weight is 300 g/mol. The van der Waals surface area contributed by atoms with Gasteiger partial charge in [-0.1, -0.05) is 67.4 Å². The summed E-state index contributed by atoms with van der Waals surface area (Å²) in [4.78, 5) is 0. The molecule has 1 nitrogen and oxygen atoms in total. The van der Waals surface area contributed by atoms with Crippen molar-refractivity contribution in [2.24, 2.45) is 5.73 Å². The molecule has 2 rings (SSSR count). The van der Waals surface area contributed by atoms with E-state index in [1.807, 2.05) is 24.3 Å². The Hall–Kier alpha value is -0.540. The van der Waals surface area contributed by atoms with E-state index >= 15 is 0 Å². The van der Waals surface area contributed by atoms with Gasteiger partial charge in [-0.15, -0.1) is 11.3 Å². The van der Waals surface area contributed by atoms with E-state index in [1.54, 1.807) is 0 Å². The van der Waals surface area contributed by atoms with Gasteiger partial charge in [0, 0.05) is 17.0 Å². The Morgan fingerprint density at radius 2 is 1.78 bits per heavy atom. The van der Waals surface area contributed by atoms with Crippen LogP contribution >= 0.6 is 34.5 Å². The van der Waals surface area contributed by atoms with Crippen molar-refractivity contribution >= 4 is 34.5 Å². The Labute approximate surface area is 122 Å². The van der Waals surface area contributed by atoms with Crippen molar-refractivity contribution in [3.8, 4) is 0 Å². The predicted molar refractivity (Wildman–Crippen MR) is 80.7 cm³/mol. The highest BCUT2D eigenvalue weighted by molar-refractivity contribution is 7.20. The van der Waals surface area contributed by atoms with Crippen molar-refractivity contribution in [2.75, 3.05) is 0 Å². The van der Waals surface area contributed by atoms with Crippen LogP contribution in [0.5, 0.6) is 0 Å². The zero-order valence-electron chi connectivity index (χ0n) is 10.3. The maximum absolute atomic E-state index is 6.38. The molecule has 0 fully saturated rings. The van der Waals surface area contributed by atoms with Gasteiger partial charge in [0.1, 0.15) is 0 Å². The number of nitrogens with two attached hydrogens (primary N) is 1. The third-order valence-corrected chi connectivity index (χ3v) is 4.83. The maximum Gasteiger partial charge on any atom is 0.0992 e. The van der Waals surface area contributed by atoms with Crippen molar-refractivity contribution in [2.45, 2.75) is 25.3 Å². The fourth-order valence-electron chi connectivity index (χ4n) is 2.00. The molecule has 1 atom stereocenters. The largest absolute Gasteiger partial charge is 0.323 e. The third-order valence-electron chi connectivity index (χ3n) is 3.31. The smallest absolute Gasteiger partial charge is 0.0992 e. The molecule has 2 aromatic rings. The van der Waals surface area contributed by atoms with Gasteiger partial charge in [0.15, 0.2) is 0 Å². The van der Waals surface area contributed by atoms with E-state index in [0.717, 1.165) is 5.56 Å². The highest BCUT2D eigenvalue weighted by Gasteiger charge is 2.31. The van der Waals surface area contributed by atoms with Gasteiger partial charge in [0.2, 0.25) is 0 Å². The van der Waals surface area contributed by atoms with Crippen LogP contribution in [0.15, 0.2) is 36.4 Å². The van der Waals surface area contributed by atoms with Crippen LogP contribution in [0.4, 0.5) is 0 Å². The molecule has 2 N–H and O–H groups in total. The minimum Gasteiger partial charge on any atom is -0.323 e. The molecule has 0 aliphatic carbocycles. The lowest BCUT2D eigenvalue weighted by molar-refractivity contribution is 0.422. The van der Waals surface area contributed by atoms with Crippen molar-refractivity contribution in [1.29, 1.82) is 0 Å². The molecule has 0 amide bonds. The van der Waals surface area contributed by atoms with Gasteiger partial charge in [-0.05, 0) is 11.6 Å². The monoisotopic (exact) mass is 299 g/mol. The SMILES string of the molecule is CC(C)(c1ccccc1)C(N)c1cc(Cl)sc1Cl. The van der Waals surface area contributed by atoms with Gasteiger partial charge < -0.3 is 5.73 Å². The van der Waals surface area contributed by atoms with Crippen molar-refractivity contribution in [3.63, 3.8) is 0 Å². The number of hydrogen-bond donors (Lipinski definition) is 1. The van der Waals surface area contributed by atoms with Crippen molar-refractivity contribution in [3.05, 3.63) is 56.2 Å². The second kappa shape index (κ2) is 5.22. The molecule has 0 radical (unpaired) electrons. The van der Waals surface area contributed by atoms with Gasteiger partial charge in [0.25, 0.3) is 0 Å². The number of benzene rings is 1. The van der Waals surface area contributed by atoms with Crippen LogP contribution in [0.25, 0.3) is 0 Å². The predicted octanol–water partition coefficient (Wildman–Crippen LogP) is 5.03. The lowest BCUT2D eigenvalue weighted by atomic mass is 9.76. The molecule has 18 heavy (non-hydrogen) atoms. The highest BCUT2D eigenvalue weighted by atomic mass is 35.5. The summed E-state index contributed by atoms with van der Waals surface area (Å²) >= 11 is 13.5. The number of hydrogen-bond acceptors (Lipinski definition) is 2. The number of rotatable bonds is 3. The zero-order valence-corrected chi connectivity index (χ0v) is 12.6. The van der Waals surface area contributed by atoms with Gasteiger partial charge in [0.05, 0.1) is 8.67 Å². The summed E-state index contributed by atoms with van der Waals surface area (Å²) in [7, 11) is 0. The van der Waals surface area contributed by atoms with E-state index in [2.05, 4.69) is 26.0 Å². The first-order valence-corrected chi connectivity index (χ1v) is 7.26. The van der Waals surface area contributed by atoms with Crippen LogP contribution in [0.1, 0.15) is 31.0 Å². The van der Waals surface area contributed by atoms with E-state index in [0.29, 0.717) is 8.67 Å². The zero-order chi connectivity index (χ0) is 13.3. The quantitative estimate of drug-likeness (QED) is 0.845. The summed E-state index contributed by atoms with van der Waals surface area (Å²) in [6, 6.07) is 11.9. The minimum absolute atomic E-state index is 0.184. The number of halogens is 2. The van der Waals surface area contributed by atoms with E-state index < -0.39 is 0 Å². The van der Waals surface area contributed by atoms with E-state index in [1.165, 1.54) is 16.9 Å². The van der Waals surface area contributed by atoms with Crippen LogP contribution in [0, 0.1) is 0 Å². The summed E-state index contributed by atoms with van der Waals surface area (Å²) in [6.45, 7) is 4.24. The average Bonchev–Trinajstić information content (AvgIpc) is 2.68. The second-order valence-electron chi connectivity index (χ2n) is 4.84. The maximum atomic E-state index is 6.38. The first-order valence-electron chi connectivity index (χ1n) is 5.68. The Morgan fingerprint density at radius 1 is 1.17 bits per heavy atom. The van der Waals surface area contributed by atoms with Crippen LogP contribution < -0.4 is 5.73 Å². The Kier molecular flexibility index (Phi) is 4.02. The Morgan fingerprint density at radius 3 is 2.28 bits per heavy atom. The Bertz CT molecular complexity index is 534. The molecule has 4 heteroatoms. The van der Waals surface area contributed by atoms with E-state index in [4.69, 9.17) is 28.9 Å². The topological polar surface area (TPSA) is 26.0 Å². The number of thiophene rings is 1. The first-order chi connectivity index (χ1) is 8.43. The normalized spacial score (nSPS) is 13.6. The second-order valence-corrected chi connectivity index (χ2v) is 7.13. The van der Waals surface area contributed by atoms with E-state index in [9.17, 15) is 0 Å². The molecule has 1 unspecified atom stereocenters. The highest BCUT2D eigenvalue weighted by Crippen LogP contribution is 2.42. The summed E-state index contributed by atoms with van der Waals surface area (Å²) < 4.78 is 1.35. The summed E-state index contributed by atoms with van der Waals surface area (Å²) in [5.41, 5.74) is 8.29. The molecule has 0 saturated carbocycles. The molecule has 0 aliphatic rings. The fourth-order valence-corrected chi connectivity index (χ4v) is 3.55. The molecule has 1 aromatic carbocycles. The lowest BCUT2D eigenvalue weighted by Gasteiger charge is -2.32. The van der Waals surface area contributed by atoms with Gasteiger partial charge in [-0.2, -0.15) is 0 Å². The molecular weight excluding hydrogens is 285 g/mol. The van der Waals surface area contributed by atoms with Crippen LogP contribution in [-0.4, -0.2) is 0 Å². The molecule has 96 valence electrons. The van der Waals surface area contributed by atoms with Gasteiger partial charge >= 0.3 is 0 Å². The summed E-state index contributed by atoms with van der Waals surface area (Å²) in [6.07, 6.45) is 0. The van der Waals surface area contributed by atoms with Crippen LogP contribution in [0.3, 0.4) is 0 Å². The molecule has 0 spiro atoms. The third kappa shape index (κ3) is 2.57. The molecule has 0 saturated heterocycles. The molecule has 1 aromatic heterocycles. The van der Waals surface area contributed by atoms with Crippen LogP contribution in [-0.2, 0) is 5.41 Å². The minimum atomic E-state index is -0.199. The molecular formula is C14H15Cl2NS. The summed E-state index contributed by atoms with van der Waals surface area (Å²) in [5.74, 6) is 0. The van der Waals surface area contributed by atoms with Gasteiger partial charge in [-0.3, -0.25) is 0 Å². The van der Waals surface area contributed by atoms with E-state index in [-0.39, 0.29) is 11.5 Å². The molecule has 1 heterocycles. The summed E-state index contributed by atoms with van der Waals surface area (Å²) in [5, 5.41) is 0. The van der Waals surface area contributed by atoms with Crippen molar-refractivity contribution < 1.29 is 0 Å². The Balaban J connectivity index is 2.39. The van der Waals surface area contributed by atoms with Gasteiger partial charge in [-0.25, -0.2) is 0 Å². The first kappa shape index (κ1) is 13.9. The van der Waals surface area contributed by atoms with Crippen molar-refractivity contribution in [1.82, 2.24) is 0 Å². The fraction of sp³-hybridized carbons (Fsp3) is 0.286. The lowest BCUT2D eigenvalue weighted by Crippen LogP contribution is -2.33. The van der Waals surface area contributed by atoms with Crippen LogP contribution in [0.2, 0.25) is 8.67 Å².